The average molecular weight is 183 g/mol. The van der Waals surface area contributed by atoms with E-state index in [9.17, 15) is 8.78 Å². The fourth-order valence-corrected chi connectivity index (χ4v) is 0.612. The van der Waals surface area contributed by atoms with Crippen LogP contribution in [0.4, 0.5) is 8.78 Å². The molecule has 0 fully saturated rings. The van der Waals surface area contributed by atoms with E-state index in [1.165, 1.54) is 0 Å². The molecule has 0 aromatic heterocycles. The first kappa shape index (κ1) is 8.73. The highest BCUT2D eigenvalue weighted by Crippen LogP contribution is 2.29. The molecule has 0 aromatic rings. The van der Waals surface area contributed by atoms with Gasteiger partial charge in [0.05, 0.1) is 5.88 Å². The van der Waals surface area contributed by atoms with Gasteiger partial charge in [0, 0.05) is 0 Å². The fourth-order valence-electron chi connectivity index (χ4n) is 0.0875. The molecule has 0 rings (SSSR count). The second-order valence-electron chi connectivity index (χ2n) is 1.16. The number of hydrogen-bond donors (Lipinski definition) is 0. The van der Waals surface area contributed by atoms with Crippen molar-refractivity contribution in [1.82, 2.24) is 0 Å². The maximum Gasteiger partial charge on any atom is 0.289 e. The number of halogens is 5. The molecule has 0 aliphatic heterocycles. The van der Waals surface area contributed by atoms with Crippen molar-refractivity contribution in [2.24, 2.45) is 0 Å². The summed E-state index contributed by atoms with van der Waals surface area (Å²) >= 11 is 14.1. The minimum Gasteiger partial charge on any atom is -0.240 e. The molecule has 50 valence electrons. The molecular formula is C3H3Cl3F2. The van der Waals surface area contributed by atoms with Crippen molar-refractivity contribution in [3.8, 4) is 0 Å². The molecular weight excluding hydrogens is 180 g/mol. The summed E-state index contributed by atoms with van der Waals surface area (Å²) in [7, 11) is 0. The first-order valence-corrected chi connectivity index (χ1v) is 3.04. The maximum absolute atomic E-state index is 11.9. The van der Waals surface area contributed by atoms with Crippen LogP contribution in [0.25, 0.3) is 0 Å². The van der Waals surface area contributed by atoms with E-state index >= 15 is 0 Å². The zero-order valence-corrected chi connectivity index (χ0v) is 5.94. The summed E-state index contributed by atoms with van der Waals surface area (Å²) < 4.78 is 20.9. The Hall–Kier alpha value is 0.730. The van der Waals surface area contributed by atoms with Crippen LogP contribution in [0.5, 0.6) is 0 Å². The second kappa shape index (κ2) is 3.04. The summed E-state index contributed by atoms with van der Waals surface area (Å²) in [5.41, 5.74) is 0. The van der Waals surface area contributed by atoms with E-state index in [4.69, 9.17) is 11.6 Å². The zero-order chi connectivity index (χ0) is 6.78. The van der Waals surface area contributed by atoms with Crippen molar-refractivity contribution in [3.63, 3.8) is 0 Å². The molecule has 0 aliphatic carbocycles. The quantitative estimate of drug-likeness (QED) is 0.578. The lowest BCUT2D eigenvalue weighted by molar-refractivity contribution is 0.218. The van der Waals surface area contributed by atoms with Crippen LogP contribution in [0.15, 0.2) is 0 Å². The normalized spacial score (nSPS) is 16.1. The molecule has 8 heavy (non-hydrogen) atoms. The molecule has 0 N–H and O–H groups in total. The smallest absolute Gasteiger partial charge is 0.240 e. The van der Waals surface area contributed by atoms with E-state index in [0.29, 0.717) is 0 Å². The Morgan fingerprint density at radius 2 is 1.88 bits per heavy atom. The van der Waals surface area contributed by atoms with Gasteiger partial charge in [0.2, 0.25) is 0 Å². The van der Waals surface area contributed by atoms with Crippen LogP contribution in [-0.2, 0) is 0 Å². The minimum absolute atomic E-state index is 0.538. The van der Waals surface area contributed by atoms with Crippen LogP contribution in [0.1, 0.15) is 0 Å². The predicted octanol–water partition coefficient (Wildman–Crippen LogP) is 2.66. The van der Waals surface area contributed by atoms with Crippen molar-refractivity contribution >= 4 is 34.8 Å². The summed E-state index contributed by atoms with van der Waals surface area (Å²) in [5, 5.41) is 0. The minimum atomic E-state index is -2.85. The number of rotatable bonds is 2. The van der Waals surface area contributed by atoms with Crippen molar-refractivity contribution in [1.29, 1.82) is 0 Å². The van der Waals surface area contributed by atoms with E-state index in [0.717, 1.165) is 0 Å². The zero-order valence-electron chi connectivity index (χ0n) is 3.67. The van der Waals surface area contributed by atoms with Gasteiger partial charge in [0.25, 0.3) is 4.59 Å². The molecule has 1 unspecified atom stereocenters. The van der Waals surface area contributed by atoms with Gasteiger partial charge in [-0.15, -0.1) is 11.6 Å². The van der Waals surface area contributed by atoms with Gasteiger partial charge in [0.1, 0.15) is 0 Å². The lowest BCUT2D eigenvalue weighted by Crippen LogP contribution is -2.22. The summed E-state index contributed by atoms with van der Waals surface area (Å²) in [6.07, 6.45) is -2.02. The van der Waals surface area contributed by atoms with Gasteiger partial charge in [-0.1, -0.05) is 23.2 Å². The van der Waals surface area contributed by atoms with Crippen LogP contribution in [0.2, 0.25) is 0 Å². The van der Waals surface area contributed by atoms with Gasteiger partial charge in [0.15, 0.2) is 6.17 Å². The van der Waals surface area contributed by atoms with Gasteiger partial charge in [-0.05, 0) is 0 Å². The first-order valence-electron chi connectivity index (χ1n) is 1.75. The highest BCUT2D eigenvalue weighted by atomic mass is 35.5. The second-order valence-corrected chi connectivity index (χ2v) is 2.77. The molecule has 0 spiro atoms. The maximum atomic E-state index is 11.9. The van der Waals surface area contributed by atoms with Crippen LogP contribution in [0, 0.1) is 0 Å². The van der Waals surface area contributed by atoms with Crippen LogP contribution >= 0.6 is 34.8 Å². The molecule has 0 nitrogen and oxygen atoms in total. The number of hydrogen-bond acceptors (Lipinski definition) is 0. The van der Waals surface area contributed by atoms with Crippen molar-refractivity contribution in [3.05, 3.63) is 0 Å². The van der Waals surface area contributed by atoms with Crippen LogP contribution < -0.4 is 0 Å². The monoisotopic (exact) mass is 182 g/mol. The Kier molecular flexibility index (Phi) is 3.32. The number of alkyl halides is 5. The lowest BCUT2D eigenvalue weighted by atomic mass is 10.5. The molecule has 0 saturated carbocycles. The Labute approximate surface area is 60.7 Å². The summed E-state index contributed by atoms with van der Waals surface area (Å²) in [4.78, 5) is 0. The van der Waals surface area contributed by atoms with E-state index in [1.54, 1.807) is 0 Å². The molecule has 0 radical (unpaired) electrons. The molecule has 0 aliphatic rings. The van der Waals surface area contributed by atoms with E-state index in [-0.39, 0.29) is 0 Å². The lowest BCUT2D eigenvalue weighted by Gasteiger charge is -2.10. The summed E-state index contributed by atoms with van der Waals surface area (Å²) in [5.74, 6) is -0.538. The molecule has 0 bridgehead atoms. The SMILES string of the molecule is FC(CCl)C(F)(Cl)Cl. The standard InChI is InChI=1S/C3H3Cl3F2/c4-1-2(7)3(5,6)8/h2H,1H2. The average Bonchev–Trinajstić information content (AvgIpc) is 1.62. The first-order chi connectivity index (χ1) is 3.48. The molecule has 1 atom stereocenters. The third-order valence-electron chi connectivity index (χ3n) is 0.491. The Morgan fingerprint density at radius 3 is 1.88 bits per heavy atom. The Bertz CT molecular complexity index is 69.4. The van der Waals surface area contributed by atoms with Crippen molar-refractivity contribution < 1.29 is 8.78 Å². The van der Waals surface area contributed by atoms with Crippen molar-refractivity contribution in [2.75, 3.05) is 5.88 Å². The largest absolute Gasteiger partial charge is 0.289 e. The van der Waals surface area contributed by atoms with Crippen LogP contribution in [-0.4, -0.2) is 16.6 Å². The molecule has 0 saturated heterocycles. The van der Waals surface area contributed by atoms with E-state index in [1.807, 2.05) is 0 Å². The third kappa shape index (κ3) is 2.90. The Balaban J connectivity index is 3.62. The van der Waals surface area contributed by atoms with Gasteiger partial charge in [-0.2, -0.15) is 0 Å². The topological polar surface area (TPSA) is 0 Å². The third-order valence-corrected chi connectivity index (χ3v) is 1.24. The molecule has 0 aromatic carbocycles. The fraction of sp³-hybridized carbons (Fsp3) is 1.00. The van der Waals surface area contributed by atoms with Gasteiger partial charge in [-0.3, -0.25) is 0 Å². The van der Waals surface area contributed by atoms with Gasteiger partial charge >= 0.3 is 0 Å². The molecule has 5 heteroatoms. The highest BCUT2D eigenvalue weighted by Gasteiger charge is 2.33. The van der Waals surface area contributed by atoms with Gasteiger partial charge < -0.3 is 0 Å². The molecule has 0 amide bonds. The molecule has 0 heterocycles. The summed E-state index contributed by atoms with van der Waals surface area (Å²) in [6, 6.07) is 0. The van der Waals surface area contributed by atoms with Crippen molar-refractivity contribution in [2.45, 2.75) is 10.8 Å². The Morgan fingerprint density at radius 1 is 1.50 bits per heavy atom. The highest BCUT2D eigenvalue weighted by molar-refractivity contribution is 6.47. The van der Waals surface area contributed by atoms with Crippen LogP contribution in [0.3, 0.4) is 0 Å². The van der Waals surface area contributed by atoms with Gasteiger partial charge in [-0.25, -0.2) is 8.78 Å². The van der Waals surface area contributed by atoms with E-state index < -0.39 is 16.6 Å². The van der Waals surface area contributed by atoms with E-state index in [2.05, 4.69) is 23.2 Å². The summed E-state index contributed by atoms with van der Waals surface area (Å²) in [6.45, 7) is 0. The predicted molar refractivity (Wildman–Crippen MR) is 31.2 cm³/mol.